The van der Waals surface area contributed by atoms with Gasteiger partial charge in [-0.2, -0.15) is 9.97 Å². The van der Waals surface area contributed by atoms with Crippen LogP contribution in [0.2, 0.25) is 0 Å². The number of piperazine rings is 1. The van der Waals surface area contributed by atoms with Crippen LogP contribution in [0.25, 0.3) is 32.9 Å². The van der Waals surface area contributed by atoms with Crippen molar-refractivity contribution >= 4 is 27.5 Å². The number of benzene rings is 2. The Hall–Kier alpha value is -4.14. The van der Waals surface area contributed by atoms with Crippen LogP contribution in [-0.2, 0) is 0 Å². The maximum absolute atomic E-state index is 16.6. The highest BCUT2D eigenvalue weighted by Gasteiger charge is 2.49. The van der Waals surface area contributed by atoms with E-state index in [9.17, 15) is 13.9 Å². The van der Waals surface area contributed by atoms with Crippen LogP contribution in [0.1, 0.15) is 24.8 Å². The molecule has 11 heteroatoms. The Bertz CT molecular complexity index is 1760. The van der Waals surface area contributed by atoms with Crippen LogP contribution in [0, 0.1) is 24.0 Å². The summed E-state index contributed by atoms with van der Waals surface area (Å²) in [4.78, 5) is 17.8. The number of nitrogens with zero attached hydrogens (tertiary/aromatic N) is 5. The zero-order valence-corrected chi connectivity index (χ0v) is 22.8. The van der Waals surface area contributed by atoms with Crippen LogP contribution in [0.5, 0.6) is 11.8 Å². The van der Waals surface area contributed by atoms with E-state index in [0.29, 0.717) is 42.6 Å². The number of aromatic hydroxyl groups is 1. The van der Waals surface area contributed by atoms with E-state index in [-0.39, 0.29) is 46.1 Å². The number of halogens is 3. The first-order valence-electron chi connectivity index (χ1n) is 14.1. The largest absolute Gasteiger partial charge is 0.508 e. The fourth-order valence-electron chi connectivity index (χ4n) is 6.79. The van der Waals surface area contributed by atoms with Crippen LogP contribution in [-0.4, -0.2) is 82.5 Å². The predicted molar refractivity (Wildman–Crippen MR) is 153 cm³/mol. The third kappa shape index (κ3) is 4.37. The molecule has 2 N–H and O–H groups in total. The monoisotopic (exact) mass is 574 g/mol. The zero-order chi connectivity index (χ0) is 29.0. The Kier molecular flexibility index (Phi) is 6.55. The van der Waals surface area contributed by atoms with E-state index in [0.717, 1.165) is 32.5 Å². The molecule has 0 amide bonds. The molecule has 8 nitrogen and oxygen atoms in total. The number of alkyl halides is 1. The number of phenolic OH excluding ortho intramolecular Hbond substituents is 1. The molecule has 0 unspecified atom stereocenters. The van der Waals surface area contributed by atoms with E-state index in [1.807, 2.05) is 4.90 Å². The second-order valence-corrected chi connectivity index (χ2v) is 11.3. The molecule has 3 aliphatic heterocycles. The lowest BCUT2D eigenvalue weighted by atomic mass is 9.95. The molecule has 0 aliphatic carbocycles. The third-order valence-electron chi connectivity index (χ3n) is 8.74. The van der Waals surface area contributed by atoms with Gasteiger partial charge >= 0.3 is 6.01 Å². The van der Waals surface area contributed by atoms with E-state index >= 15 is 4.39 Å². The van der Waals surface area contributed by atoms with Crippen molar-refractivity contribution < 1.29 is 23.0 Å². The Balaban J connectivity index is 1.38. The Morgan fingerprint density at radius 2 is 2.00 bits per heavy atom. The second-order valence-electron chi connectivity index (χ2n) is 11.3. The van der Waals surface area contributed by atoms with Crippen molar-refractivity contribution in [2.75, 3.05) is 50.8 Å². The van der Waals surface area contributed by atoms with Gasteiger partial charge in [0.15, 0.2) is 5.82 Å². The maximum Gasteiger partial charge on any atom is 0.319 e. The number of aromatic nitrogens is 3. The van der Waals surface area contributed by atoms with Crippen LogP contribution < -0.4 is 15.0 Å². The molecule has 0 spiro atoms. The minimum Gasteiger partial charge on any atom is -0.508 e. The molecule has 3 aliphatic rings. The summed E-state index contributed by atoms with van der Waals surface area (Å²) in [5, 5.41) is 14.8. The normalized spacial score (nSPS) is 22.5. The van der Waals surface area contributed by atoms with Crippen molar-refractivity contribution in [1.29, 1.82) is 0 Å². The first-order chi connectivity index (χ1) is 20.4. The molecule has 0 saturated carbocycles. The number of pyridine rings is 1. The number of fused-ring (bicyclic) bond motifs is 3. The second kappa shape index (κ2) is 10.3. The number of hydrogen-bond donors (Lipinski definition) is 2. The smallest absolute Gasteiger partial charge is 0.319 e. The number of ether oxygens (including phenoxy) is 1. The quantitative estimate of drug-likeness (QED) is 0.344. The van der Waals surface area contributed by atoms with Crippen LogP contribution in [0.15, 0.2) is 30.5 Å². The lowest BCUT2D eigenvalue weighted by molar-refractivity contribution is 0.107. The Morgan fingerprint density at radius 3 is 2.81 bits per heavy atom. The van der Waals surface area contributed by atoms with Gasteiger partial charge in [0, 0.05) is 56.3 Å². The van der Waals surface area contributed by atoms with Gasteiger partial charge < -0.3 is 20.1 Å². The summed E-state index contributed by atoms with van der Waals surface area (Å²) in [5.74, 6) is 1.28. The summed E-state index contributed by atoms with van der Waals surface area (Å²) < 4.78 is 51.8. The van der Waals surface area contributed by atoms with Gasteiger partial charge in [-0.15, -0.1) is 6.42 Å². The molecule has 0 bridgehead atoms. The molecule has 2 aromatic carbocycles. The minimum absolute atomic E-state index is 0.00765. The molecule has 4 aromatic rings. The fraction of sp³-hybridized carbons (Fsp3) is 0.387. The molecule has 0 radical (unpaired) electrons. The molecule has 42 heavy (non-hydrogen) atoms. The number of rotatable bonds is 5. The van der Waals surface area contributed by atoms with Crippen molar-refractivity contribution in [3.8, 4) is 35.4 Å². The van der Waals surface area contributed by atoms with Crippen molar-refractivity contribution in [3.63, 3.8) is 0 Å². The average Bonchev–Trinajstić information content (AvgIpc) is 3.52. The van der Waals surface area contributed by atoms with Gasteiger partial charge in [0.2, 0.25) is 0 Å². The van der Waals surface area contributed by atoms with Gasteiger partial charge in [0.25, 0.3) is 0 Å². The maximum atomic E-state index is 16.6. The van der Waals surface area contributed by atoms with Gasteiger partial charge in [-0.3, -0.25) is 9.88 Å². The first-order valence-corrected chi connectivity index (χ1v) is 14.1. The topological polar surface area (TPSA) is 86.6 Å². The zero-order valence-electron chi connectivity index (χ0n) is 22.8. The fourth-order valence-corrected chi connectivity index (χ4v) is 6.79. The summed E-state index contributed by atoms with van der Waals surface area (Å²) in [5.41, 5.74) is -0.505. The summed E-state index contributed by atoms with van der Waals surface area (Å²) in [7, 11) is 0. The highest BCUT2D eigenvalue weighted by molar-refractivity contribution is 6.03. The van der Waals surface area contributed by atoms with Gasteiger partial charge in [-0.1, -0.05) is 12.0 Å². The van der Waals surface area contributed by atoms with Crippen molar-refractivity contribution in [3.05, 3.63) is 47.7 Å². The molecule has 5 heterocycles. The third-order valence-corrected chi connectivity index (χ3v) is 8.74. The number of nitrogens with one attached hydrogen (secondary N) is 1. The highest BCUT2D eigenvalue weighted by Crippen LogP contribution is 2.41. The number of phenols is 1. The number of hydrogen-bond acceptors (Lipinski definition) is 8. The van der Waals surface area contributed by atoms with Gasteiger partial charge in [-0.25, -0.2) is 13.2 Å². The molecule has 2 atom stereocenters. The highest BCUT2D eigenvalue weighted by atomic mass is 19.1. The predicted octanol–water partition coefficient (Wildman–Crippen LogP) is 4.17. The summed E-state index contributed by atoms with van der Waals surface area (Å²) in [6, 6.07) is 5.43. The van der Waals surface area contributed by atoms with Crippen molar-refractivity contribution in [2.45, 2.75) is 31.0 Å². The van der Waals surface area contributed by atoms with E-state index in [2.05, 4.69) is 26.1 Å². The van der Waals surface area contributed by atoms with E-state index in [1.165, 1.54) is 30.5 Å². The first kappa shape index (κ1) is 26.7. The van der Waals surface area contributed by atoms with Crippen LogP contribution in [0.4, 0.5) is 19.0 Å². The van der Waals surface area contributed by atoms with Gasteiger partial charge in [-0.05, 0) is 43.0 Å². The summed E-state index contributed by atoms with van der Waals surface area (Å²) in [6.45, 7) is 4.12. The van der Waals surface area contributed by atoms with E-state index in [1.54, 1.807) is 0 Å². The Morgan fingerprint density at radius 1 is 1.17 bits per heavy atom. The lowest BCUT2D eigenvalue weighted by Crippen LogP contribution is -2.44. The number of terminal acetylenes is 1. The Labute approximate surface area is 240 Å². The minimum atomic E-state index is -0.913. The lowest BCUT2D eigenvalue weighted by Gasteiger charge is -2.31. The standard InChI is InChI=1S/C31H29F3N6O2/c1-2-21-24(33)5-4-18-12-20(41)13-22(25(18)21)27-26(34)28-23(15-36-27)29(39-10-7-35-8-11-39)38-30(37-28)42-17-31-6-3-9-40(31)16-19(32)14-31/h1,4-5,12-13,15,19,35,41H,3,6-11,14,16-17H2/t19-,31+/m1/s1. The summed E-state index contributed by atoms with van der Waals surface area (Å²) >= 11 is 0. The molecule has 2 aromatic heterocycles. The molecule has 3 saturated heterocycles. The van der Waals surface area contributed by atoms with E-state index in [4.69, 9.17) is 16.1 Å². The molecule has 3 fully saturated rings. The van der Waals surface area contributed by atoms with E-state index < -0.39 is 23.3 Å². The van der Waals surface area contributed by atoms with Crippen LogP contribution >= 0.6 is 0 Å². The molecular formula is C31H29F3N6O2. The van der Waals surface area contributed by atoms with Crippen LogP contribution in [0.3, 0.4) is 0 Å². The number of anilines is 1. The molecular weight excluding hydrogens is 545 g/mol. The van der Waals surface area contributed by atoms with Gasteiger partial charge in [0.05, 0.1) is 16.5 Å². The summed E-state index contributed by atoms with van der Waals surface area (Å²) in [6.07, 6.45) is 8.37. The molecule has 7 rings (SSSR count). The SMILES string of the molecule is C#Cc1c(F)ccc2cc(O)cc(-c3ncc4c(N5CCNCC5)nc(OC[C@@]56CCCN5C[C@H](F)C6)nc4c3F)c12. The van der Waals surface area contributed by atoms with Crippen molar-refractivity contribution in [1.82, 2.24) is 25.2 Å². The van der Waals surface area contributed by atoms with Gasteiger partial charge in [0.1, 0.15) is 41.4 Å². The average molecular weight is 575 g/mol. The van der Waals surface area contributed by atoms with Crippen molar-refractivity contribution in [2.24, 2.45) is 0 Å². The molecule has 216 valence electrons.